The Kier molecular flexibility index (Phi) is 4.88. The van der Waals surface area contributed by atoms with Crippen molar-refractivity contribution >= 4 is 0 Å². The van der Waals surface area contributed by atoms with Gasteiger partial charge in [0.05, 0.1) is 11.7 Å². The molecule has 0 heterocycles. The van der Waals surface area contributed by atoms with Gasteiger partial charge in [-0.3, -0.25) is 0 Å². The van der Waals surface area contributed by atoms with Gasteiger partial charge in [-0.05, 0) is 91.8 Å². The summed E-state index contributed by atoms with van der Waals surface area (Å²) >= 11 is 0. The average molecular weight is 383 g/mol. The van der Waals surface area contributed by atoms with Crippen LogP contribution < -0.4 is 0 Å². The first-order valence-corrected chi connectivity index (χ1v) is 10.4. The number of hydrogen-bond acceptors (Lipinski definition) is 4. The summed E-state index contributed by atoms with van der Waals surface area (Å²) in [6, 6.07) is 13.1. The van der Waals surface area contributed by atoms with Gasteiger partial charge in [-0.25, -0.2) is 0 Å². The van der Waals surface area contributed by atoms with Gasteiger partial charge in [0.25, 0.3) is 0 Å². The van der Waals surface area contributed by atoms with Crippen molar-refractivity contribution in [2.45, 2.75) is 69.0 Å². The molecule has 4 atom stereocenters. The Labute approximate surface area is 166 Å². The van der Waals surface area contributed by atoms with Gasteiger partial charge < -0.3 is 20.4 Å². The summed E-state index contributed by atoms with van der Waals surface area (Å²) in [4.78, 5) is 0. The summed E-state index contributed by atoms with van der Waals surface area (Å²) < 4.78 is 0. The van der Waals surface area contributed by atoms with E-state index in [0.29, 0.717) is 25.0 Å². The van der Waals surface area contributed by atoms with Crippen LogP contribution in [0.1, 0.15) is 55.7 Å². The Morgan fingerprint density at radius 3 is 2.46 bits per heavy atom. The van der Waals surface area contributed by atoms with Crippen molar-refractivity contribution in [3.8, 4) is 11.5 Å². The predicted molar refractivity (Wildman–Crippen MR) is 109 cm³/mol. The van der Waals surface area contributed by atoms with Gasteiger partial charge in [0, 0.05) is 5.41 Å². The molecule has 1 saturated carbocycles. The molecule has 1 fully saturated rings. The molecule has 3 unspecified atom stereocenters. The maximum Gasteiger partial charge on any atom is 0.115 e. The standard InChI is InChI=1S/C24H30O4/c1-2-22(27)24(28)12-11-23(14-16-3-7-19(25)8-4-16)18(15-24)6-5-17-13-20(26)9-10-21(17)23/h3-4,7-10,13,18,22,25-28H,2,5-6,11-12,14-15H2,1H3/t18?,22?,23-,24?/m0/s1. The zero-order chi connectivity index (χ0) is 19.9. The van der Waals surface area contributed by atoms with Crippen molar-refractivity contribution in [2.24, 2.45) is 5.92 Å². The highest BCUT2D eigenvalue weighted by molar-refractivity contribution is 5.45. The SMILES string of the molecule is CCC(O)C1(O)CC[C@@]2(Cc3ccc(O)cc3)c3ccc(O)cc3CCC2C1. The van der Waals surface area contributed by atoms with Crippen LogP contribution in [0.5, 0.6) is 11.5 Å². The van der Waals surface area contributed by atoms with Crippen molar-refractivity contribution in [1.29, 1.82) is 0 Å². The van der Waals surface area contributed by atoms with Crippen molar-refractivity contribution in [2.75, 3.05) is 0 Å². The van der Waals surface area contributed by atoms with Crippen molar-refractivity contribution < 1.29 is 20.4 Å². The highest BCUT2D eigenvalue weighted by Gasteiger charge is 2.53. The molecule has 2 aromatic carbocycles. The molecule has 4 N–H and O–H groups in total. The molecule has 0 aliphatic heterocycles. The summed E-state index contributed by atoms with van der Waals surface area (Å²) in [7, 11) is 0. The largest absolute Gasteiger partial charge is 0.508 e. The topological polar surface area (TPSA) is 80.9 Å². The molecule has 2 aromatic rings. The van der Waals surface area contributed by atoms with Gasteiger partial charge in [0.2, 0.25) is 0 Å². The molecule has 0 amide bonds. The van der Waals surface area contributed by atoms with Gasteiger partial charge >= 0.3 is 0 Å². The monoisotopic (exact) mass is 382 g/mol. The Balaban J connectivity index is 1.76. The van der Waals surface area contributed by atoms with E-state index in [1.54, 1.807) is 18.2 Å². The Morgan fingerprint density at radius 2 is 1.75 bits per heavy atom. The number of phenolic OH excluding ortho intramolecular Hbond substituents is 2. The lowest BCUT2D eigenvalue weighted by Gasteiger charge is -2.54. The number of fused-ring (bicyclic) bond motifs is 3. The Bertz CT molecular complexity index is 846. The van der Waals surface area contributed by atoms with Crippen LogP contribution in [0, 0.1) is 5.92 Å². The number of benzene rings is 2. The molecular formula is C24H30O4. The van der Waals surface area contributed by atoms with E-state index < -0.39 is 11.7 Å². The van der Waals surface area contributed by atoms with Crippen LogP contribution in [0.25, 0.3) is 0 Å². The second kappa shape index (κ2) is 7.09. The molecule has 0 bridgehead atoms. The zero-order valence-electron chi connectivity index (χ0n) is 16.4. The molecule has 4 nitrogen and oxygen atoms in total. The summed E-state index contributed by atoms with van der Waals surface area (Å²) in [5.41, 5.74) is 2.47. The molecule has 2 aliphatic carbocycles. The van der Waals surface area contributed by atoms with Crippen LogP contribution in [0.2, 0.25) is 0 Å². The Morgan fingerprint density at radius 1 is 1.04 bits per heavy atom. The number of rotatable bonds is 4. The predicted octanol–water partition coefficient (Wildman–Crippen LogP) is 3.83. The molecule has 4 heteroatoms. The average Bonchev–Trinajstić information content (AvgIpc) is 2.69. The van der Waals surface area contributed by atoms with E-state index in [1.165, 1.54) is 11.1 Å². The van der Waals surface area contributed by atoms with Crippen LogP contribution in [0.4, 0.5) is 0 Å². The summed E-state index contributed by atoms with van der Waals surface area (Å²) in [5, 5.41) is 41.2. The molecule has 0 saturated heterocycles. The van der Waals surface area contributed by atoms with E-state index in [4.69, 9.17) is 0 Å². The second-order valence-electron chi connectivity index (χ2n) is 8.81. The minimum atomic E-state index is -1.02. The van der Waals surface area contributed by atoms with E-state index in [0.717, 1.165) is 31.2 Å². The minimum Gasteiger partial charge on any atom is -0.508 e. The summed E-state index contributed by atoms with van der Waals surface area (Å²) in [6.45, 7) is 1.92. The molecule has 0 radical (unpaired) electrons. The van der Waals surface area contributed by atoms with Gasteiger partial charge in [0.1, 0.15) is 11.5 Å². The normalized spacial score (nSPS) is 30.3. The fourth-order valence-corrected chi connectivity index (χ4v) is 5.69. The van der Waals surface area contributed by atoms with Gasteiger partial charge in [0.15, 0.2) is 0 Å². The smallest absolute Gasteiger partial charge is 0.115 e. The number of aliphatic hydroxyl groups excluding tert-OH is 1. The summed E-state index contributed by atoms with van der Waals surface area (Å²) in [5.74, 6) is 0.819. The van der Waals surface area contributed by atoms with Gasteiger partial charge in [-0.1, -0.05) is 25.1 Å². The van der Waals surface area contributed by atoms with Gasteiger partial charge in [-0.2, -0.15) is 0 Å². The molecule has 0 aromatic heterocycles. The number of aryl methyl sites for hydroxylation is 1. The summed E-state index contributed by atoms with van der Waals surface area (Å²) in [6.07, 6.45) is 4.46. The van der Waals surface area contributed by atoms with Crippen molar-refractivity contribution in [3.05, 3.63) is 59.2 Å². The molecule has 28 heavy (non-hydrogen) atoms. The first-order valence-electron chi connectivity index (χ1n) is 10.4. The fourth-order valence-electron chi connectivity index (χ4n) is 5.69. The van der Waals surface area contributed by atoms with Crippen molar-refractivity contribution in [1.82, 2.24) is 0 Å². The maximum atomic E-state index is 11.2. The maximum absolute atomic E-state index is 11.2. The van der Waals surface area contributed by atoms with Crippen LogP contribution in [-0.4, -0.2) is 32.1 Å². The third-order valence-corrected chi connectivity index (χ3v) is 7.24. The lowest BCUT2D eigenvalue weighted by Crippen LogP contribution is -2.55. The van der Waals surface area contributed by atoms with E-state index in [1.807, 2.05) is 25.1 Å². The highest BCUT2D eigenvalue weighted by atomic mass is 16.3. The van der Waals surface area contributed by atoms with Crippen LogP contribution in [0.15, 0.2) is 42.5 Å². The third kappa shape index (κ3) is 3.19. The molecule has 4 rings (SSSR count). The lowest BCUT2D eigenvalue weighted by molar-refractivity contribution is -0.127. The number of aromatic hydroxyl groups is 2. The molecule has 150 valence electrons. The first-order chi connectivity index (χ1) is 13.4. The van der Waals surface area contributed by atoms with E-state index in [2.05, 4.69) is 6.07 Å². The zero-order valence-corrected chi connectivity index (χ0v) is 16.4. The quantitative estimate of drug-likeness (QED) is 0.648. The molecule has 0 spiro atoms. The first kappa shape index (κ1) is 19.3. The Hall–Kier alpha value is -2.04. The van der Waals surface area contributed by atoms with Crippen LogP contribution >= 0.6 is 0 Å². The highest BCUT2D eigenvalue weighted by Crippen LogP contribution is 2.55. The lowest BCUT2D eigenvalue weighted by atomic mass is 9.52. The number of phenols is 2. The second-order valence-corrected chi connectivity index (χ2v) is 8.81. The fraction of sp³-hybridized carbons (Fsp3) is 0.500. The number of aliphatic hydroxyl groups is 2. The minimum absolute atomic E-state index is 0.127. The van der Waals surface area contributed by atoms with Gasteiger partial charge in [-0.15, -0.1) is 0 Å². The van der Waals surface area contributed by atoms with Crippen LogP contribution in [0.3, 0.4) is 0 Å². The van der Waals surface area contributed by atoms with Crippen molar-refractivity contribution in [3.63, 3.8) is 0 Å². The van der Waals surface area contributed by atoms with E-state index in [-0.39, 0.29) is 17.1 Å². The molecule has 2 aliphatic rings. The van der Waals surface area contributed by atoms with Crippen LogP contribution in [-0.2, 0) is 18.3 Å². The van der Waals surface area contributed by atoms with E-state index in [9.17, 15) is 20.4 Å². The third-order valence-electron chi connectivity index (χ3n) is 7.24. The molecular weight excluding hydrogens is 352 g/mol. The number of hydrogen-bond donors (Lipinski definition) is 4. The van der Waals surface area contributed by atoms with E-state index >= 15 is 0 Å².